The zero-order valence-electron chi connectivity index (χ0n) is 10.3. The zero-order valence-corrected chi connectivity index (χ0v) is 10.3. The lowest BCUT2D eigenvalue weighted by Crippen LogP contribution is -2.41. The molecule has 0 aromatic carbocycles. The lowest BCUT2D eigenvalue weighted by molar-refractivity contribution is -0.134. The Kier molecular flexibility index (Phi) is 5.69. The number of rotatable bonds is 6. The van der Waals surface area contributed by atoms with E-state index in [2.05, 4.69) is 11.9 Å². The molecule has 2 amide bonds. The minimum absolute atomic E-state index is 0.0775. The zero-order chi connectivity index (χ0) is 12.7. The van der Waals surface area contributed by atoms with Gasteiger partial charge in [0.15, 0.2) is 0 Å². The summed E-state index contributed by atoms with van der Waals surface area (Å²) in [5.74, 6) is -0.283. The van der Waals surface area contributed by atoms with Gasteiger partial charge in [0, 0.05) is 26.6 Å². The van der Waals surface area contributed by atoms with Crippen molar-refractivity contribution in [2.45, 2.75) is 25.9 Å². The summed E-state index contributed by atoms with van der Waals surface area (Å²) < 4.78 is 5.39. The van der Waals surface area contributed by atoms with Crippen LogP contribution in [-0.2, 0) is 14.3 Å². The second-order valence-corrected chi connectivity index (χ2v) is 4.13. The molecule has 1 saturated heterocycles. The molecule has 1 rings (SSSR count). The maximum atomic E-state index is 11.6. The summed E-state index contributed by atoms with van der Waals surface area (Å²) in [5, 5.41) is 2.78. The summed E-state index contributed by atoms with van der Waals surface area (Å²) in [6.45, 7) is 6.76. The van der Waals surface area contributed by atoms with Crippen molar-refractivity contribution < 1.29 is 14.3 Å². The van der Waals surface area contributed by atoms with Gasteiger partial charge in [-0.15, -0.1) is 6.58 Å². The normalized spacial score (nSPS) is 18.8. The van der Waals surface area contributed by atoms with E-state index in [9.17, 15) is 9.59 Å². The minimum atomic E-state index is -0.155. The van der Waals surface area contributed by atoms with E-state index in [-0.39, 0.29) is 24.5 Å². The van der Waals surface area contributed by atoms with Gasteiger partial charge >= 0.3 is 0 Å². The SMILES string of the molecule is C=CCN(CC(=O)NCC1CCCO1)C(C)=O. The Labute approximate surface area is 102 Å². The Bertz CT molecular complexity index is 285. The van der Waals surface area contributed by atoms with Crippen LogP contribution in [0.25, 0.3) is 0 Å². The van der Waals surface area contributed by atoms with Gasteiger partial charge < -0.3 is 15.0 Å². The summed E-state index contributed by atoms with van der Waals surface area (Å²) >= 11 is 0. The predicted molar refractivity (Wildman–Crippen MR) is 64.4 cm³/mol. The van der Waals surface area contributed by atoms with Crippen LogP contribution in [0.3, 0.4) is 0 Å². The Morgan fingerprint density at radius 1 is 1.59 bits per heavy atom. The summed E-state index contributed by atoms with van der Waals surface area (Å²) in [5.41, 5.74) is 0. The van der Waals surface area contributed by atoms with Crippen molar-refractivity contribution in [3.8, 4) is 0 Å². The molecular formula is C12H20N2O3. The Morgan fingerprint density at radius 2 is 2.35 bits per heavy atom. The molecule has 0 aliphatic carbocycles. The van der Waals surface area contributed by atoms with E-state index in [1.54, 1.807) is 6.08 Å². The molecular weight excluding hydrogens is 220 g/mol. The summed E-state index contributed by atoms with van der Waals surface area (Å²) in [6.07, 6.45) is 3.78. The summed E-state index contributed by atoms with van der Waals surface area (Å²) in [7, 11) is 0. The highest BCUT2D eigenvalue weighted by Crippen LogP contribution is 2.10. The minimum Gasteiger partial charge on any atom is -0.376 e. The molecule has 96 valence electrons. The molecule has 5 nitrogen and oxygen atoms in total. The molecule has 0 bridgehead atoms. The van der Waals surface area contributed by atoms with E-state index in [4.69, 9.17) is 4.74 Å². The van der Waals surface area contributed by atoms with Crippen LogP contribution in [0.15, 0.2) is 12.7 Å². The molecule has 1 aliphatic heterocycles. The van der Waals surface area contributed by atoms with Crippen LogP contribution in [0.1, 0.15) is 19.8 Å². The van der Waals surface area contributed by atoms with Crippen molar-refractivity contribution in [2.75, 3.05) is 26.2 Å². The van der Waals surface area contributed by atoms with Crippen LogP contribution in [0, 0.1) is 0 Å². The number of ether oxygens (including phenoxy) is 1. The van der Waals surface area contributed by atoms with Gasteiger partial charge in [0.25, 0.3) is 0 Å². The number of amides is 2. The van der Waals surface area contributed by atoms with Crippen molar-refractivity contribution in [3.05, 3.63) is 12.7 Å². The summed E-state index contributed by atoms with van der Waals surface area (Å²) in [4.78, 5) is 24.2. The van der Waals surface area contributed by atoms with Crippen LogP contribution >= 0.6 is 0 Å². The Balaban J connectivity index is 2.26. The average Bonchev–Trinajstić information content (AvgIpc) is 2.78. The van der Waals surface area contributed by atoms with E-state index in [0.717, 1.165) is 19.4 Å². The first-order valence-corrected chi connectivity index (χ1v) is 5.88. The molecule has 0 radical (unpaired) electrons. The van der Waals surface area contributed by atoms with E-state index < -0.39 is 0 Å². The first-order valence-electron chi connectivity index (χ1n) is 5.88. The van der Waals surface area contributed by atoms with Gasteiger partial charge in [-0.05, 0) is 12.8 Å². The predicted octanol–water partition coefficient (Wildman–Crippen LogP) is 0.316. The monoisotopic (exact) mass is 240 g/mol. The standard InChI is InChI=1S/C12H20N2O3/c1-3-6-14(10(2)15)9-12(16)13-8-11-5-4-7-17-11/h3,11H,1,4-9H2,2H3,(H,13,16). The first-order chi connectivity index (χ1) is 8.13. The van der Waals surface area contributed by atoms with Crippen molar-refractivity contribution in [1.82, 2.24) is 10.2 Å². The second-order valence-electron chi connectivity index (χ2n) is 4.13. The van der Waals surface area contributed by atoms with Gasteiger partial charge in [-0.3, -0.25) is 9.59 Å². The van der Waals surface area contributed by atoms with E-state index >= 15 is 0 Å². The van der Waals surface area contributed by atoms with Crippen molar-refractivity contribution in [1.29, 1.82) is 0 Å². The number of nitrogens with zero attached hydrogens (tertiary/aromatic N) is 1. The summed E-state index contributed by atoms with van der Waals surface area (Å²) in [6, 6.07) is 0. The molecule has 1 atom stereocenters. The van der Waals surface area contributed by atoms with Crippen molar-refractivity contribution >= 4 is 11.8 Å². The van der Waals surface area contributed by atoms with Crippen LogP contribution in [0.4, 0.5) is 0 Å². The largest absolute Gasteiger partial charge is 0.376 e. The molecule has 1 unspecified atom stereocenters. The molecule has 0 aromatic rings. The molecule has 0 aromatic heterocycles. The highest BCUT2D eigenvalue weighted by atomic mass is 16.5. The van der Waals surface area contributed by atoms with Crippen LogP contribution in [0.2, 0.25) is 0 Å². The molecule has 1 heterocycles. The van der Waals surface area contributed by atoms with E-state index in [1.807, 2.05) is 0 Å². The van der Waals surface area contributed by atoms with Crippen LogP contribution < -0.4 is 5.32 Å². The van der Waals surface area contributed by atoms with Gasteiger partial charge in [0.1, 0.15) is 0 Å². The van der Waals surface area contributed by atoms with Gasteiger partial charge in [0.05, 0.1) is 12.6 Å². The van der Waals surface area contributed by atoms with Gasteiger partial charge in [0.2, 0.25) is 11.8 Å². The molecule has 5 heteroatoms. The van der Waals surface area contributed by atoms with Crippen molar-refractivity contribution in [2.24, 2.45) is 0 Å². The molecule has 1 aliphatic rings. The van der Waals surface area contributed by atoms with Crippen LogP contribution in [0.5, 0.6) is 0 Å². The fourth-order valence-electron chi connectivity index (χ4n) is 1.72. The van der Waals surface area contributed by atoms with E-state index in [1.165, 1.54) is 11.8 Å². The number of nitrogens with one attached hydrogen (secondary N) is 1. The van der Waals surface area contributed by atoms with Crippen LogP contribution in [-0.4, -0.2) is 49.1 Å². The van der Waals surface area contributed by atoms with E-state index in [0.29, 0.717) is 13.1 Å². The maximum Gasteiger partial charge on any atom is 0.239 e. The number of carbonyl (C=O) groups is 2. The molecule has 0 spiro atoms. The first kappa shape index (κ1) is 13.7. The fourth-order valence-corrected chi connectivity index (χ4v) is 1.72. The topological polar surface area (TPSA) is 58.6 Å². The second kappa shape index (κ2) is 7.06. The smallest absolute Gasteiger partial charge is 0.239 e. The lowest BCUT2D eigenvalue weighted by atomic mass is 10.2. The maximum absolute atomic E-state index is 11.6. The lowest BCUT2D eigenvalue weighted by Gasteiger charge is -2.19. The molecule has 17 heavy (non-hydrogen) atoms. The quantitative estimate of drug-likeness (QED) is 0.680. The Morgan fingerprint density at radius 3 is 2.88 bits per heavy atom. The molecule has 1 N–H and O–H groups in total. The average molecular weight is 240 g/mol. The number of carbonyl (C=O) groups excluding carboxylic acids is 2. The fraction of sp³-hybridized carbons (Fsp3) is 0.667. The number of hydrogen-bond acceptors (Lipinski definition) is 3. The Hall–Kier alpha value is -1.36. The third-order valence-electron chi connectivity index (χ3n) is 2.68. The molecule has 0 saturated carbocycles. The van der Waals surface area contributed by atoms with Gasteiger partial charge in [-0.1, -0.05) is 6.08 Å². The van der Waals surface area contributed by atoms with Gasteiger partial charge in [-0.2, -0.15) is 0 Å². The van der Waals surface area contributed by atoms with Gasteiger partial charge in [-0.25, -0.2) is 0 Å². The highest BCUT2D eigenvalue weighted by Gasteiger charge is 2.17. The highest BCUT2D eigenvalue weighted by molar-refractivity contribution is 5.83. The third kappa shape index (κ3) is 4.99. The van der Waals surface area contributed by atoms with Crippen molar-refractivity contribution in [3.63, 3.8) is 0 Å². The third-order valence-corrected chi connectivity index (χ3v) is 2.68. The number of hydrogen-bond donors (Lipinski definition) is 1. The molecule has 1 fully saturated rings.